The van der Waals surface area contributed by atoms with E-state index < -0.39 is 22.0 Å². The molecule has 7 nitrogen and oxygen atoms in total. The zero-order valence-electron chi connectivity index (χ0n) is 9.15. The van der Waals surface area contributed by atoms with Crippen LogP contribution in [0.15, 0.2) is 11.6 Å². The molecule has 20 heavy (non-hydrogen) atoms. The van der Waals surface area contributed by atoms with Gasteiger partial charge in [0, 0.05) is 0 Å². The summed E-state index contributed by atoms with van der Waals surface area (Å²) in [4.78, 5) is 14.6. The Hall–Kier alpha value is -0.910. The molecular weight excluding hydrogens is 371 g/mol. The number of thiophene rings is 1. The molecule has 2 heterocycles. The molecule has 0 atom stereocenters. The summed E-state index contributed by atoms with van der Waals surface area (Å²) in [6, 6.07) is 1.20. The van der Waals surface area contributed by atoms with E-state index in [0.717, 1.165) is 28.2 Å². The molecular formula is C8H4Cl2N2O5S3. The fourth-order valence-electron chi connectivity index (χ4n) is 1.28. The molecule has 0 saturated carbocycles. The Bertz CT molecular complexity index is 749. The second-order valence-corrected chi connectivity index (χ2v) is 7.39. The first-order valence-corrected chi connectivity index (χ1v) is 8.46. The molecule has 0 radical (unpaired) electrons. The third-order valence-corrected chi connectivity index (χ3v) is 5.73. The molecule has 0 aliphatic carbocycles. The monoisotopic (exact) mass is 374 g/mol. The number of thiazole rings is 1. The zero-order valence-corrected chi connectivity index (χ0v) is 13.1. The first-order valence-electron chi connectivity index (χ1n) is 4.61. The summed E-state index contributed by atoms with van der Waals surface area (Å²) >= 11 is 13.0. The van der Waals surface area contributed by atoms with Gasteiger partial charge in [-0.25, -0.2) is 9.78 Å². The molecule has 2 aromatic rings. The lowest BCUT2D eigenvalue weighted by molar-refractivity contribution is 0.0692. The summed E-state index contributed by atoms with van der Waals surface area (Å²) in [5.41, 5.74) is 0.640. The summed E-state index contributed by atoms with van der Waals surface area (Å²) in [6.45, 7) is 0. The highest BCUT2D eigenvalue weighted by Gasteiger charge is 2.31. The fraction of sp³-hybridized carbons (Fsp3) is 0. The van der Waals surface area contributed by atoms with E-state index in [0.29, 0.717) is 4.31 Å². The van der Waals surface area contributed by atoms with E-state index in [4.69, 9.17) is 28.3 Å². The van der Waals surface area contributed by atoms with Crippen molar-refractivity contribution in [3.63, 3.8) is 0 Å². The van der Waals surface area contributed by atoms with Gasteiger partial charge in [-0.3, -0.25) is 4.55 Å². The SMILES string of the molecule is O=C(O)c1ncsc1N(c1cc(Cl)c(Cl)s1)S(=O)(=O)O. The number of carboxylic acid groups (broad SMARTS) is 1. The lowest BCUT2D eigenvalue weighted by Gasteiger charge is -2.16. The number of carboxylic acids is 1. The molecule has 0 bridgehead atoms. The molecule has 0 fully saturated rings. The molecule has 2 rings (SSSR count). The number of carbonyl (C=O) groups is 1. The van der Waals surface area contributed by atoms with Crippen LogP contribution in [-0.4, -0.2) is 29.0 Å². The molecule has 108 valence electrons. The van der Waals surface area contributed by atoms with Crippen LogP contribution in [-0.2, 0) is 10.3 Å². The normalized spacial score (nSPS) is 11.6. The molecule has 2 N–H and O–H groups in total. The van der Waals surface area contributed by atoms with E-state index in [1.807, 2.05) is 0 Å². The number of rotatable bonds is 4. The highest BCUT2D eigenvalue weighted by Crippen LogP contribution is 2.43. The van der Waals surface area contributed by atoms with Crippen LogP contribution in [0.4, 0.5) is 10.0 Å². The van der Waals surface area contributed by atoms with E-state index in [1.54, 1.807) is 0 Å². The van der Waals surface area contributed by atoms with Crippen molar-refractivity contribution in [1.82, 2.24) is 4.98 Å². The maximum Gasteiger partial charge on any atom is 0.365 e. The van der Waals surface area contributed by atoms with E-state index in [-0.39, 0.29) is 19.4 Å². The Kier molecular flexibility index (Phi) is 4.23. The fourth-order valence-corrected chi connectivity index (χ4v) is 4.69. The Morgan fingerprint density at radius 2 is 2.05 bits per heavy atom. The maximum atomic E-state index is 11.5. The number of halogens is 2. The van der Waals surface area contributed by atoms with Crippen molar-refractivity contribution < 1.29 is 22.9 Å². The van der Waals surface area contributed by atoms with Crippen molar-refractivity contribution in [2.24, 2.45) is 0 Å². The van der Waals surface area contributed by atoms with Gasteiger partial charge in [-0.1, -0.05) is 23.2 Å². The number of aromatic nitrogens is 1. The molecule has 0 unspecified atom stereocenters. The smallest absolute Gasteiger partial charge is 0.365 e. The lowest BCUT2D eigenvalue weighted by Crippen LogP contribution is -2.25. The predicted octanol–water partition coefficient (Wildman–Crippen LogP) is 3.15. The van der Waals surface area contributed by atoms with Crippen LogP contribution >= 0.6 is 45.9 Å². The first kappa shape index (κ1) is 15.5. The number of nitrogens with zero attached hydrogens (tertiary/aromatic N) is 2. The topological polar surface area (TPSA) is 108 Å². The van der Waals surface area contributed by atoms with Crippen molar-refractivity contribution in [2.75, 3.05) is 4.31 Å². The van der Waals surface area contributed by atoms with Gasteiger partial charge in [0.05, 0.1) is 10.5 Å². The molecule has 0 spiro atoms. The van der Waals surface area contributed by atoms with E-state index in [9.17, 15) is 17.8 Å². The van der Waals surface area contributed by atoms with Crippen molar-refractivity contribution in [3.05, 3.63) is 26.6 Å². The largest absolute Gasteiger partial charge is 0.476 e. The molecule has 0 saturated heterocycles. The highest BCUT2D eigenvalue weighted by molar-refractivity contribution is 7.88. The van der Waals surface area contributed by atoms with Crippen LogP contribution in [0.2, 0.25) is 9.36 Å². The van der Waals surface area contributed by atoms with Gasteiger partial charge in [0.2, 0.25) is 0 Å². The van der Waals surface area contributed by atoms with Crippen LogP contribution < -0.4 is 4.31 Å². The average Bonchev–Trinajstić information content (AvgIpc) is 2.86. The minimum atomic E-state index is -4.77. The number of hydrogen-bond acceptors (Lipinski definition) is 6. The van der Waals surface area contributed by atoms with Gasteiger partial charge in [0.1, 0.15) is 14.3 Å². The minimum absolute atomic E-state index is 0.0470. The maximum absolute atomic E-state index is 11.5. The van der Waals surface area contributed by atoms with Gasteiger partial charge in [0.25, 0.3) is 0 Å². The average molecular weight is 375 g/mol. The van der Waals surface area contributed by atoms with Crippen molar-refractivity contribution in [1.29, 1.82) is 0 Å². The Morgan fingerprint density at radius 1 is 1.40 bits per heavy atom. The lowest BCUT2D eigenvalue weighted by atomic mass is 10.4. The molecule has 12 heteroatoms. The Labute approximate surface area is 130 Å². The summed E-state index contributed by atoms with van der Waals surface area (Å²) < 4.78 is 32.9. The third-order valence-electron chi connectivity index (χ3n) is 2.00. The summed E-state index contributed by atoms with van der Waals surface area (Å²) in [7, 11) is -4.77. The summed E-state index contributed by atoms with van der Waals surface area (Å²) in [5, 5.41) is 8.74. The van der Waals surface area contributed by atoms with E-state index >= 15 is 0 Å². The summed E-state index contributed by atoms with van der Waals surface area (Å²) in [6.07, 6.45) is 0. The summed E-state index contributed by atoms with van der Waals surface area (Å²) in [5.74, 6) is -1.43. The van der Waals surface area contributed by atoms with Crippen molar-refractivity contribution >= 4 is 72.2 Å². The Morgan fingerprint density at radius 3 is 2.50 bits per heavy atom. The molecule has 0 aromatic carbocycles. The van der Waals surface area contributed by atoms with Gasteiger partial charge in [-0.15, -0.1) is 22.7 Å². The van der Waals surface area contributed by atoms with Crippen LogP contribution in [0.3, 0.4) is 0 Å². The molecule has 0 aliphatic heterocycles. The van der Waals surface area contributed by atoms with Gasteiger partial charge in [-0.05, 0) is 6.07 Å². The standard InChI is InChI=1S/C8H4Cl2N2O5S3/c9-3-1-4(19-6(3)10)12(20(15,16)17)7-5(8(13)14)11-2-18-7/h1-2H,(H,13,14)(H,15,16,17). The molecule has 0 amide bonds. The predicted molar refractivity (Wildman–Crippen MR) is 77.1 cm³/mol. The van der Waals surface area contributed by atoms with E-state index in [2.05, 4.69) is 4.98 Å². The van der Waals surface area contributed by atoms with Crippen LogP contribution in [0.25, 0.3) is 0 Å². The number of hydrogen-bond donors (Lipinski definition) is 2. The number of aromatic carboxylic acids is 1. The Balaban J connectivity index is 2.66. The van der Waals surface area contributed by atoms with Crippen molar-refractivity contribution in [2.45, 2.75) is 0 Å². The molecule has 2 aromatic heterocycles. The van der Waals surface area contributed by atoms with Gasteiger partial charge in [-0.2, -0.15) is 12.7 Å². The van der Waals surface area contributed by atoms with Crippen molar-refractivity contribution in [3.8, 4) is 0 Å². The van der Waals surface area contributed by atoms with Gasteiger partial charge < -0.3 is 5.11 Å². The molecule has 0 aliphatic rings. The first-order chi connectivity index (χ1) is 9.21. The zero-order chi connectivity index (χ0) is 15.1. The van der Waals surface area contributed by atoms with Crippen LogP contribution in [0.1, 0.15) is 10.5 Å². The van der Waals surface area contributed by atoms with Crippen LogP contribution in [0.5, 0.6) is 0 Å². The second kappa shape index (κ2) is 5.47. The van der Waals surface area contributed by atoms with Crippen LogP contribution in [0, 0.1) is 0 Å². The number of anilines is 2. The second-order valence-electron chi connectivity index (χ2n) is 3.26. The quantitative estimate of drug-likeness (QED) is 0.795. The van der Waals surface area contributed by atoms with Gasteiger partial charge >= 0.3 is 16.3 Å². The van der Waals surface area contributed by atoms with Gasteiger partial charge in [0.15, 0.2) is 5.69 Å². The highest BCUT2D eigenvalue weighted by atomic mass is 35.5. The minimum Gasteiger partial charge on any atom is -0.476 e. The third kappa shape index (κ3) is 2.90. The van der Waals surface area contributed by atoms with E-state index in [1.165, 1.54) is 6.07 Å².